The van der Waals surface area contributed by atoms with Crippen molar-refractivity contribution < 1.29 is 0 Å². The highest BCUT2D eigenvalue weighted by Gasteiger charge is 2.21. The minimum absolute atomic E-state index is 0.772. The van der Waals surface area contributed by atoms with Crippen LogP contribution < -0.4 is 5.32 Å². The van der Waals surface area contributed by atoms with Gasteiger partial charge in [0.05, 0.1) is 0 Å². The zero-order valence-corrected chi connectivity index (χ0v) is 9.93. The predicted molar refractivity (Wildman–Crippen MR) is 67.6 cm³/mol. The smallest absolute Gasteiger partial charge is 0.0459 e. The first kappa shape index (κ1) is 9.91. The number of hydrogen-bond donors (Lipinski definition) is 2. The second kappa shape index (κ2) is 3.63. The Labute approximate surface area is 96.1 Å². The Morgan fingerprint density at radius 3 is 2.88 bits per heavy atom. The molecule has 2 N–H and O–H groups in total. The normalized spacial score (nSPS) is 15.9. The Kier molecular flexibility index (Phi) is 2.25. The van der Waals surface area contributed by atoms with Gasteiger partial charge in [-0.25, -0.2) is 0 Å². The zero-order chi connectivity index (χ0) is 11.1. The van der Waals surface area contributed by atoms with Gasteiger partial charge in [0.15, 0.2) is 0 Å². The van der Waals surface area contributed by atoms with Crippen LogP contribution in [0.4, 0.5) is 0 Å². The second-order valence-electron chi connectivity index (χ2n) is 4.93. The van der Waals surface area contributed by atoms with Crippen molar-refractivity contribution in [3.63, 3.8) is 0 Å². The largest absolute Gasteiger partial charge is 0.358 e. The Bertz CT molecular complexity index is 521. The van der Waals surface area contributed by atoms with Crippen molar-refractivity contribution >= 4 is 10.9 Å². The number of hydrogen-bond acceptors (Lipinski definition) is 1. The van der Waals surface area contributed by atoms with Crippen molar-refractivity contribution in [1.29, 1.82) is 0 Å². The molecule has 2 nitrogen and oxygen atoms in total. The van der Waals surface area contributed by atoms with E-state index in [0.717, 1.165) is 12.6 Å². The predicted octanol–water partition coefficient (Wildman–Crippen LogP) is 3.04. The van der Waals surface area contributed by atoms with Gasteiger partial charge in [0, 0.05) is 29.2 Å². The lowest BCUT2D eigenvalue weighted by Gasteiger charge is -2.03. The Morgan fingerprint density at radius 2 is 2.12 bits per heavy atom. The first-order valence-electron chi connectivity index (χ1n) is 6.05. The number of benzene rings is 1. The number of aromatic nitrogens is 1. The molecular formula is C14H18N2. The fourth-order valence-corrected chi connectivity index (χ4v) is 2.26. The van der Waals surface area contributed by atoms with Gasteiger partial charge in [-0.1, -0.05) is 11.6 Å². The van der Waals surface area contributed by atoms with Crippen LogP contribution in [0.2, 0.25) is 0 Å². The Hall–Kier alpha value is -1.28. The molecule has 1 heterocycles. The van der Waals surface area contributed by atoms with Crippen molar-refractivity contribution in [3.8, 4) is 0 Å². The van der Waals surface area contributed by atoms with Crippen LogP contribution >= 0.6 is 0 Å². The molecule has 0 radical (unpaired) electrons. The lowest BCUT2D eigenvalue weighted by molar-refractivity contribution is 0.688. The van der Waals surface area contributed by atoms with Crippen LogP contribution in [0, 0.1) is 13.8 Å². The topological polar surface area (TPSA) is 27.8 Å². The number of H-pyrrole nitrogens is 1. The Balaban J connectivity index is 1.99. The summed E-state index contributed by atoms with van der Waals surface area (Å²) in [4.78, 5) is 3.46. The first-order valence-corrected chi connectivity index (χ1v) is 6.05. The van der Waals surface area contributed by atoms with Crippen molar-refractivity contribution in [1.82, 2.24) is 10.3 Å². The summed E-state index contributed by atoms with van der Waals surface area (Å²) in [7, 11) is 0. The molecule has 2 heteroatoms. The molecule has 1 aromatic heterocycles. The molecule has 1 aromatic carbocycles. The summed E-state index contributed by atoms with van der Waals surface area (Å²) in [5.74, 6) is 0. The van der Waals surface area contributed by atoms with Gasteiger partial charge in [0.2, 0.25) is 0 Å². The van der Waals surface area contributed by atoms with Gasteiger partial charge >= 0.3 is 0 Å². The second-order valence-corrected chi connectivity index (χ2v) is 4.93. The van der Waals surface area contributed by atoms with Crippen LogP contribution in [0.15, 0.2) is 18.2 Å². The molecule has 16 heavy (non-hydrogen) atoms. The minimum atomic E-state index is 0.772. The number of aromatic amines is 1. The van der Waals surface area contributed by atoms with Gasteiger partial charge in [0.25, 0.3) is 0 Å². The van der Waals surface area contributed by atoms with E-state index in [-0.39, 0.29) is 0 Å². The van der Waals surface area contributed by atoms with Gasteiger partial charge in [-0.15, -0.1) is 0 Å². The molecule has 0 spiro atoms. The van der Waals surface area contributed by atoms with Crippen molar-refractivity contribution in [2.75, 3.05) is 0 Å². The molecular weight excluding hydrogens is 196 g/mol. The maximum absolute atomic E-state index is 3.59. The molecule has 2 aromatic rings. The standard InChI is InChI=1S/C14H18N2/c1-9-3-6-14-12(7-9)13(10(2)16-14)8-15-11-4-5-11/h3,6-7,11,15-16H,4-5,8H2,1-2H3. The summed E-state index contributed by atoms with van der Waals surface area (Å²) in [6, 6.07) is 7.39. The van der Waals surface area contributed by atoms with E-state index in [9.17, 15) is 0 Å². The molecule has 3 rings (SSSR count). The maximum atomic E-state index is 3.59. The van der Waals surface area contributed by atoms with E-state index in [0.29, 0.717) is 0 Å². The lowest BCUT2D eigenvalue weighted by Crippen LogP contribution is -2.15. The zero-order valence-electron chi connectivity index (χ0n) is 9.93. The Morgan fingerprint density at radius 1 is 1.31 bits per heavy atom. The molecule has 1 aliphatic rings. The molecule has 0 unspecified atom stereocenters. The minimum Gasteiger partial charge on any atom is -0.358 e. The molecule has 1 fully saturated rings. The van der Waals surface area contributed by atoms with Crippen LogP contribution in [-0.4, -0.2) is 11.0 Å². The van der Waals surface area contributed by atoms with Crippen molar-refractivity contribution in [3.05, 3.63) is 35.0 Å². The monoisotopic (exact) mass is 214 g/mol. The van der Waals surface area contributed by atoms with Gasteiger partial charge < -0.3 is 10.3 Å². The molecule has 0 bridgehead atoms. The average Bonchev–Trinajstić information content (AvgIpc) is 3.01. The van der Waals surface area contributed by atoms with E-state index in [2.05, 4.69) is 42.3 Å². The van der Waals surface area contributed by atoms with Crippen molar-refractivity contribution in [2.24, 2.45) is 0 Å². The summed E-state index contributed by atoms with van der Waals surface area (Å²) in [5.41, 5.74) is 5.33. The summed E-state index contributed by atoms with van der Waals surface area (Å²) >= 11 is 0. The number of rotatable bonds is 3. The van der Waals surface area contributed by atoms with E-state index in [1.807, 2.05) is 0 Å². The highest BCUT2D eigenvalue weighted by atomic mass is 14.9. The van der Waals surface area contributed by atoms with Crippen molar-refractivity contribution in [2.45, 2.75) is 39.3 Å². The molecule has 0 amide bonds. The molecule has 1 aliphatic carbocycles. The van der Waals surface area contributed by atoms with Crippen LogP contribution in [0.1, 0.15) is 29.7 Å². The summed E-state index contributed by atoms with van der Waals surface area (Å²) in [5, 5.41) is 4.97. The quantitative estimate of drug-likeness (QED) is 0.807. The number of fused-ring (bicyclic) bond motifs is 1. The molecule has 0 aliphatic heterocycles. The summed E-state index contributed by atoms with van der Waals surface area (Å²) in [6.45, 7) is 5.32. The SMILES string of the molecule is Cc1ccc2[nH]c(C)c(CNC3CC3)c2c1. The van der Waals surface area contributed by atoms with E-state index in [1.165, 1.54) is 40.6 Å². The van der Waals surface area contributed by atoms with Gasteiger partial charge in [0.1, 0.15) is 0 Å². The van der Waals surface area contributed by atoms with E-state index >= 15 is 0 Å². The van der Waals surface area contributed by atoms with Crippen LogP contribution in [-0.2, 0) is 6.54 Å². The van der Waals surface area contributed by atoms with E-state index < -0.39 is 0 Å². The van der Waals surface area contributed by atoms with Crippen LogP contribution in [0.5, 0.6) is 0 Å². The van der Waals surface area contributed by atoms with Gasteiger partial charge in [-0.3, -0.25) is 0 Å². The van der Waals surface area contributed by atoms with Crippen LogP contribution in [0.25, 0.3) is 10.9 Å². The highest BCUT2D eigenvalue weighted by Crippen LogP contribution is 2.25. The van der Waals surface area contributed by atoms with E-state index in [1.54, 1.807) is 0 Å². The van der Waals surface area contributed by atoms with Gasteiger partial charge in [-0.2, -0.15) is 0 Å². The third kappa shape index (κ3) is 1.74. The molecule has 84 valence electrons. The molecule has 0 atom stereocenters. The molecule has 0 saturated heterocycles. The number of aryl methyl sites for hydroxylation is 2. The maximum Gasteiger partial charge on any atom is 0.0459 e. The highest BCUT2D eigenvalue weighted by molar-refractivity contribution is 5.85. The van der Waals surface area contributed by atoms with E-state index in [4.69, 9.17) is 0 Å². The third-order valence-electron chi connectivity index (χ3n) is 3.42. The summed E-state index contributed by atoms with van der Waals surface area (Å²) < 4.78 is 0. The third-order valence-corrected chi connectivity index (χ3v) is 3.42. The van der Waals surface area contributed by atoms with Crippen LogP contribution in [0.3, 0.4) is 0 Å². The fourth-order valence-electron chi connectivity index (χ4n) is 2.26. The first-order chi connectivity index (χ1) is 7.74. The average molecular weight is 214 g/mol. The lowest BCUT2D eigenvalue weighted by atomic mass is 10.1. The fraction of sp³-hybridized carbons (Fsp3) is 0.429. The molecule has 1 saturated carbocycles. The summed E-state index contributed by atoms with van der Waals surface area (Å²) in [6.07, 6.45) is 2.70. The number of nitrogens with one attached hydrogen (secondary N) is 2. The van der Waals surface area contributed by atoms with Gasteiger partial charge in [-0.05, 0) is 44.4 Å².